The van der Waals surface area contributed by atoms with Crippen LogP contribution in [0.4, 0.5) is 0 Å². The van der Waals surface area contributed by atoms with E-state index in [1.165, 1.54) is 0 Å². The molecule has 1 atom stereocenters. The molecule has 2 N–H and O–H groups in total. The third-order valence-electron chi connectivity index (χ3n) is 3.71. The number of aliphatic hydroxyl groups excluding tert-OH is 1. The topological polar surface area (TPSA) is 49.7 Å². The molecule has 0 amide bonds. The van der Waals surface area contributed by atoms with E-state index in [2.05, 4.69) is 0 Å². The molecule has 2 rings (SSSR count). The minimum absolute atomic E-state index is 0.363. The summed E-state index contributed by atoms with van der Waals surface area (Å²) in [5.41, 5.74) is 1.24. The van der Waals surface area contributed by atoms with Crippen molar-refractivity contribution >= 4 is 0 Å². The van der Waals surface area contributed by atoms with Gasteiger partial charge in [0.2, 0.25) is 0 Å². The van der Waals surface area contributed by atoms with E-state index < -0.39 is 11.7 Å². The van der Waals surface area contributed by atoms with Crippen molar-refractivity contribution in [1.82, 2.24) is 0 Å². The summed E-state index contributed by atoms with van der Waals surface area (Å²) in [6, 6.07) is 5.67. The molecular weight excluding hydrogens is 228 g/mol. The van der Waals surface area contributed by atoms with Gasteiger partial charge in [-0.05, 0) is 49.9 Å². The molecule has 0 bridgehead atoms. The van der Waals surface area contributed by atoms with Crippen molar-refractivity contribution < 1.29 is 14.9 Å². The van der Waals surface area contributed by atoms with E-state index in [-0.39, 0.29) is 0 Å². The Kier molecular flexibility index (Phi) is 3.93. The molecule has 1 saturated carbocycles. The fraction of sp³-hybridized carbons (Fsp3) is 0.600. The van der Waals surface area contributed by atoms with Gasteiger partial charge in [-0.3, -0.25) is 0 Å². The highest BCUT2D eigenvalue weighted by Gasteiger charge is 2.32. The van der Waals surface area contributed by atoms with Crippen molar-refractivity contribution in [3.63, 3.8) is 0 Å². The third kappa shape index (κ3) is 3.03. The van der Waals surface area contributed by atoms with Crippen LogP contribution in [0.2, 0.25) is 0 Å². The molecule has 3 heteroatoms. The first-order chi connectivity index (χ1) is 8.50. The van der Waals surface area contributed by atoms with E-state index in [9.17, 15) is 10.2 Å². The highest BCUT2D eigenvalue weighted by molar-refractivity contribution is 5.37. The Balaban J connectivity index is 2.01. The van der Waals surface area contributed by atoms with Crippen LogP contribution in [0.5, 0.6) is 5.75 Å². The maximum Gasteiger partial charge on any atom is 0.122 e. The average molecular weight is 250 g/mol. The molecule has 0 saturated heterocycles. The summed E-state index contributed by atoms with van der Waals surface area (Å²) < 4.78 is 5.73. The van der Waals surface area contributed by atoms with Gasteiger partial charge < -0.3 is 14.9 Å². The molecule has 18 heavy (non-hydrogen) atoms. The van der Waals surface area contributed by atoms with Gasteiger partial charge in [0.15, 0.2) is 0 Å². The highest BCUT2D eigenvalue weighted by Crippen LogP contribution is 2.31. The lowest BCUT2D eigenvalue weighted by Crippen LogP contribution is -2.32. The first-order valence-electron chi connectivity index (χ1n) is 6.64. The molecule has 100 valence electrons. The van der Waals surface area contributed by atoms with Gasteiger partial charge in [-0.25, -0.2) is 0 Å². The molecule has 1 aliphatic rings. The largest absolute Gasteiger partial charge is 0.490 e. The molecular formula is C15H22O3. The van der Waals surface area contributed by atoms with Crippen molar-refractivity contribution in [3.8, 4) is 5.75 Å². The van der Waals surface area contributed by atoms with E-state index in [0.29, 0.717) is 6.61 Å². The monoisotopic (exact) mass is 250 g/mol. The number of aryl methyl sites for hydroxylation is 1. The zero-order valence-electron chi connectivity index (χ0n) is 11.1. The molecule has 1 fully saturated rings. The summed E-state index contributed by atoms with van der Waals surface area (Å²) in [6.45, 7) is 4.07. The van der Waals surface area contributed by atoms with Gasteiger partial charge in [0.1, 0.15) is 12.4 Å². The fourth-order valence-corrected chi connectivity index (χ4v) is 2.48. The maximum absolute atomic E-state index is 10.2. The van der Waals surface area contributed by atoms with E-state index in [1.807, 2.05) is 25.1 Å². The Labute approximate surface area is 108 Å². The summed E-state index contributed by atoms with van der Waals surface area (Å²) in [5.74, 6) is 0.791. The van der Waals surface area contributed by atoms with Gasteiger partial charge in [0.25, 0.3) is 0 Å². The molecule has 0 heterocycles. The Bertz CT molecular complexity index is 406. The Morgan fingerprint density at radius 2 is 2.00 bits per heavy atom. The zero-order chi connectivity index (χ0) is 13.2. The number of hydrogen-bond donors (Lipinski definition) is 2. The lowest BCUT2D eigenvalue weighted by Gasteiger charge is -2.23. The minimum Gasteiger partial charge on any atom is -0.490 e. The average Bonchev–Trinajstić information content (AvgIpc) is 2.75. The van der Waals surface area contributed by atoms with Crippen LogP contribution in [0.3, 0.4) is 0 Å². The molecule has 0 aliphatic heterocycles. The molecule has 1 aromatic rings. The minimum atomic E-state index is -0.643. The van der Waals surface area contributed by atoms with Crippen molar-refractivity contribution in [3.05, 3.63) is 29.3 Å². The standard InChI is InChI=1S/C15H22O3/c1-11-9-13(12(2)16)5-6-14(11)18-10-15(17)7-3-4-8-15/h5-6,9,12,16-17H,3-4,7-8,10H2,1-2H3/t12-/m1/s1. The summed E-state index contributed by atoms with van der Waals surface area (Å²) in [7, 11) is 0. The van der Waals surface area contributed by atoms with Crippen molar-refractivity contribution in [2.45, 2.75) is 51.2 Å². The summed E-state index contributed by atoms with van der Waals surface area (Å²) >= 11 is 0. The van der Waals surface area contributed by atoms with Crippen LogP contribution in [0.1, 0.15) is 49.8 Å². The first kappa shape index (κ1) is 13.4. The van der Waals surface area contributed by atoms with Gasteiger partial charge in [-0.15, -0.1) is 0 Å². The van der Waals surface area contributed by atoms with Crippen LogP contribution in [0.15, 0.2) is 18.2 Å². The summed E-state index contributed by atoms with van der Waals surface area (Å²) in [4.78, 5) is 0. The van der Waals surface area contributed by atoms with Crippen LogP contribution in [0.25, 0.3) is 0 Å². The maximum atomic E-state index is 10.2. The molecule has 0 aromatic heterocycles. The second-order valence-corrected chi connectivity index (χ2v) is 5.42. The van der Waals surface area contributed by atoms with E-state index >= 15 is 0 Å². The second-order valence-electron chi connectivity index (χ2n) is 5.42. The number of ether oxygens (including phenoxy) is 1. The molecule has 1 aliphatic carbocycles. The Hall–Kier alpha value is -1.06. The summed E-state index contributed by atoms with van der Waals surface area (Å²) in [5, 5.41) is 19.7. The zero-order valence-corrected chi connectivity index (χ0v) is 11.1. The molecule has 3 nitrogen and oxygen atoms in total. The van der Waals surface area contributed by atoms with Crippen molar-refractivity contribution in [2.24, 2.45) is 0 Å². The van der Waals surface area contributed by atoms with Crippen LogP contribution < -0.4 is 4.74 Å². The third-order valence-corrected chi connectivity index (χ3v) is 3.71. The van der Waals surface area contributed by atoms with E-state index in [0.717, 1.165) is 42.6 Å². The van der Waals surface area contributed by atoms with Crippen molar-refractivity contribution in [1.29, 1.82) is 0 Å². The van der Waals surface area contributed by atoms with Crippen LogP contribution in [-0.2, 0) is 0 Å². The predicted molar refractivity (Wildman–Crippen MR) is 70.7 cm³/mol. The fourth-order valence-electron chi connectivity index (χ4n) is 2.48. The van der Waals surface area contributed by atoms with E-state index in [1.54, 1.807) is 6.92 Å². The molecule has 1 aromatic carbocycles. The number of benzene rings is 1. The van der Waals surface area contributed by atoms with Crippen LogP contribution in [0, 0.1) is 6.92 Å². The first-order valence-corrected chi connectivity index (χ1v) is 6.64. The van der Waals surface area contributed by atoms with Gasteiger partial charge in [0.05, 0.1) is 11.7 Å². The number of rotatable bonds is 4. The number of aliphatic hydroxyl groups is 2. The molecule has 0 unspecified atom stereocenters. The lowest BCUT2D eigenvalue weighted by atomic mass is 10.0. The number of hydrogen-bond acceptors (Lipinski definition) is 3. The van der Waals surface area contributed by atoms with Crippen LogP contribution >= 0.6 is 0 Å². The smallest absolute Gasteiger partial charge is 0.122 e. The second kappa shape index (κ2) is 5.29. The SMILES string of the molecule is Cc1cc([C@@H](C)O)ccc1OCC1(O)CCCC1. The quantitative estimate of drug-likeness (QED) is 0.864. The van der Waals surface area contributed by atoms with Gasteiger partial charge in [-0.1, -0.05) is 18.9 Å². The Morgan fingerprint density at radius 1 is 1.33 bits per heavy atom. The van der Waals surface area contributed by atoms with Crippen LogP contribution in [-0.4, -0.2) is 22.4 Å². The van der Waals surface area contributed by atoms with Gasteiger partial charge >= 0.3 is 0 Å². The lowest BCUT2D eigenvalue weighted by molar-refractivity contribution is 0.00120. The van der Waals surface area contributed by atoms with Crippen molar-refractivity contribution in [2.75, 3.05) is 6.61 Å². The normalized spacial score (nSPS) is 19.8. The molecule has 0 radical (unpaired) electrons. The van der Waals surface area contributed by atoms with E-state index in [4.69, 9.17) is 4.74 Å². The predicted octanol–water partition coefficient (Wildman–Crippen LogP) is 2.73. The van der Waals surface area contributed by atoms with Gasteiger partial charge in [0, 0.05) is 0 Å². The summed E-state index contributed by atoms with van der Waals surface area (Å²) in [6.07, 6.45) is 3.37. The molecule has 0 spiro atoms. The Morgan fingerprint density at radius 3 is 2.56 bits per heavy atom. The highest BCUT2D eigenvalue weighted by atomic mass is 16.5. The van der Waals surface area contributed by atoms with Gasteiger partial charge in [-0.2, -0.15) is 0 Å².